The fraction of sp³-hybridized carbons (Fsp3) is 0.417. The number of nitrogens with zero attached hydrogens (tertiary/aromatic N) is 2. The first-order valence-corrected chi connectivity index (χ1v) is 7.50. The summed E-state index contributed by atoms with van der Waals surface area (Å²) < 4.78 is 38.8. The van der Waals surface area contributed by atoms with Gasteiger partial charge in [-0.1, -0.05) is 19.0 Å². The van der Waals surface area contributed by atoms with Crippen molar-refractivity contribution in [3.8, 4) is 0 Å². The van der Waals surface area contributed by atoms with Gasteiger partial charge < -0.3 is 10.9 Å². The summed E-state index contributed by atoms with van der Waals surface area (Å²) in [7, 11) is -3.73. The van der Waals surface area contributed by atoms with Crippen LogP contribution in [-0.4, -0.2) is 36.9 Å². The molecule has 0 amide bonds. The molecule has 8 heteroatoms. The molecule has 0 radical (unpaired) electrons. The van der Waals surface area contributed by atoms with E-state index in [0.717, 1.165) is 12.1 Å². The molecule has 0 aromatic heterocycles. The van der Waals surface area contributed by atoms with E-state index in [9.17, 15) is 12.8 Å². The highest BCUT2D eigenvalue weighted by molar-refractivity contribution is 7.89. The SMILES string of the molecule is CCN(CC(C)C(N)=NO)S(=O)(=O)c1ccc(F)cc1. The standard InChI is InChI=1S/C12H18FN3O3S/c1-3-16(8-9(2)12(14)15-17)20(18,19)11-6-4-10(13)5-7-11/h4-7,9,17H,3,8H2,1-2H3,(H2,14,15). The third-order valence-corrected chi connectivity index (χ3v) is 4.86. The molecular formula is C12H18FN3O3S. The van der Waals surface area contributed by atoms with E-state index >= 15 is 0 Å². The van der Waals surface area contributed by atoms with E-state index in [1.807, 2.05) is 0 Å². The van der Waals surface area contributed by atoms with Crippen LogP contribution in [-0.2, 0) is 10.0 Å². The van der Waals surface area contributed by atoms with Crippen molar-refractivity contribution in [1.29, 1.82) is 0 Å². The minimum atomic E-state index is -3.73. The predicted octanol–water partition coefficient (Wildman–Crippen LogP) is 1.22. The minimum absolute atomic E-state index is 0.00691. The smallest absolute Gasteiger partial charge is 0.243 e. The average molecular weight is 303 g/mol. The molecule has 0 aliphatic rings. The summed E-state index contributed by atoms with van der Waals surface area (Å²) in [5.41, 5.74) is 5.45. The van der Waals surface area contributed by atoms with E-state index in [1.54, 1.807) is 13.8 Å². The topological polar surface area (TPSA) is 96.0 Å². The molecule has 6 nitrogen and oxygen atoms in total. The number of rotatable bonds is 6. The lowest BCUT2D eigenvalue weighted by molar-refractivity contribution is 0.311. The van der Waals surface area contributed by atoms with Gasteiger partial charge in [0.25, 0.3) is 0 Å². The summed E-state index contributed by atoms with van der Waals surface area (Å²) in [5.74, 6) is -0.982. The highest BCUT2D eigenvalue weighted by Crippen LogP contribution is 2.17. The first-order valence-electron chi connectivity index (χ1n) is 6.06. The molecule has 3 N–H and O–H groups in total. The highest BCUT2D eigenvalue weighted by Gasteiger charge is 2.25. The van der Waals surface area contributed by atoms with Crippen LogP contribution in [0, 0.1) is 11.7 Å². The van der Waals surface area contributed by atoms with E-state index in [-0.39, 0.29) is 23.8 Å². The van der Waals surface area contributed by atoms with Gasteiger partial charge in [-0.25, -0.2) is 12.8 Å². The lowest BCUT2D eigenvalue weighted by Crippen LogP contribution is -2.38. The lowest BCUT2D eigenvalue weighted by atomic mass is 10.1. The maximum absolute atomic E-state index is 12.9. The molecular weight excluding hydrogens is 285 g/mol. The molecule has 1 atom stereocenters. The molecule has 0 aliphatic carbocycles. The van der Waals surface area contributed by atoms with Crippen LogP contribution in [0.25, 0.3) is 0 Å². The molecule has 0 saturated heterocycles. The quantitative estimate of drug-likeness (QED) is 0.357. The first kappa shape index (κ1) is 16.4. The summed E-state index contributed by atoms with van der Waals surface area (Å²) in [5, 5.41) is 11.5. The Morgan fingerprint density at radius 1 is 1.45 bits per heavy atom. The van der Waals surface area contributed by atoms with Crippen LogP contribution in [0.5, 0.6) is 0 Å². The van der Waals surface area contributed by atoms with Crippen LogP contribution in [0.2, 0.25) is 0 Å². The Hall–Kier alpha value is -1.67. The number of oxime groups is 1. The van der Waals surface area contributed by atoms with Crippen molar-refractivity contribution in [2.75, 3.05) is 13.1 Å². The van der Waals surface area contributed by atoms with E-state index in [0.29, 0.717) is 0 Å². The van der Waals surface area contributed by atoms with Gasteiger partial charge in [0.15, 0.2) is 0 Å². The molecule has 1 aromatic rings. The number of hydrogen-bond donors (Lipinski definition) is 2. The fourth-order valence-electron chi connectivity index (χ4n) is 1.65. The van der Waals surface area contributed by atoms with Gasteiger partial charge in [-0.2, -0.15) is 4.31 Å². The molecule has 0 bridgehead atoms. The molecule has 112 valence electrons. The number of sulfonamides is 1. The second kappa shape index (κ2) is 6.67. The Labute approximate surface area is 117 Å². The highest BCUT2D eigenvalue weighted by atomic mass is 32.2. The molecule has 1 rings (SSSR count). The number of benzene rings is 1. The van der Waals surface area contributed by atoms with Gasteiger partial charge in [0, 0.05) is 19.0 Å². The van der Waals surface area contributed by atoms with Crippen LogP contribution >= 0.6 is 0 Å². The van der Waals surface area contributed by atoms with Crippen molar-refractivity contribution >= 4 is 15.9 Å². The zero-order valence-electron chi connectivity index (χ0n) is 11.3. The lowest BCUT2D eigenvalue weighted by Gasteiger charge is -2.23. The molecule has 0 fully saturated rings. The van der Waals surface area contributed by atoms with Crippen molar-refractivity contribution in [3.63, 3.8) is 0 Å². The fourth-order valence-corrected chi connectivity index (χ4v) is 3.19. The third kappa shape index (κ3) is 3.67. The molecule has 0 aliphatic heterocycles. The van der Waals surface area contributed by atoms with Crippen LogP contribution in [0.15, 0.2) is 34.3 Å². The first-order chi connectivity index (χ1) is 9.32. The zero-order valence-corrected chi connectivity index (χ0v) is 12.1. The number of halogens is 1. The summed E-state index contributed by atoms with van der Waals surface area (Å²) in [6.45, 7) is 3.63. The van der Waals surface area contributed by atoms with E-state index in [2.05, 4.69) is 5.16 Å². The summed E-state index contributed by atoms with van der Waals surface area (Å²) in [6.07, 6.45) is 0. The van der Waals surface area contributed by atoms with Gasteiger partial charge in [0.2, 0.25) is 10.0 Å². The number of amidine groups is 1. The maximum Gasteiger partial charge on any atom is 0.243 e. The van der Waals surface area contributed by atoms with Gasteiger partial charge in [-0.3, -0.25) is 0 Å². The molecule has 0 saturated carbocycles. The van der Waals surface area contributed by atoms with Gasteiger partial charge in [-0.15, -0.1) is 0 Å². The molecule has 1 aromatic carbocycles. The van der Waals surface area contributed by atoms with Crippen molar-refractivity contribution in [2.24, 2.45) is 16.8 Å². The van der Waals surface area contributed by atoms with Crippen LogP contribution in [0.1, 0.15) is 13.8 Å². The zero-order chi connectivity index (χ0) is 15.3. The molecule has 0 spiro atoms. The van der Waals surface area contributed by atoms with Crippen molar-refractivity contribution in [1.82, 2.24) is 4.31 Å². The molecule has 20 heavy (non-hydrogen) atoms. The second-order valence-electron chi connectivity index (χ2n) is 4.34. The second-order valence-corrected chi connectivity index (χ2v) is 6.27. The van der Waals surface area contributed by atoms with Crippen LogP contribution in [0.3, 0.4) is 0 Å². The van der Waals surface area contributed by atoms with Crippen molar-refractivity contribution < 1.29 is 18.0 Å². The van der Waals surface area contributed by atoms with Gasteiger partial charge in [0.1, 0.15) is 11.7 Å². The maximum atomic E-state index is 12.9. The van der Waals surface area contributed by atoms with Crippen LogP contribution < -0.4 is 5.73 Å². The normalized spacial score (nSPS) is 14.5. The van der Waals surface area contributed by atoms with Gasteiger partial charge >= 0.3 is 0 Å². The monoisotopic (exact) mass is 303 g/mol. The Morgan fingerprint density at radius 2 is 2.00 bits per heavy atom. The van der Waals surface area contributed by atoms with E-state index in [1.165, 1.54) is 16.4 Å². The van der Waals surface area contributed by atoms with Crippen molar-refractivity contribution in [2.45, 2.75) is 18.7 Å². The predicted molar refractivity (Wildman–Crippen MR) is 73.4 cm³/mol. The van der Waals surface area contributed by atoms with Crippen molar-refractivity contribution in [3.05, 3.63) is 30.1 Å². The Bertz CT molecular complexity index is 572. The summed E-state index contributed by atoms with van der Waals surface area (Å²) >= 11 is 0. The third-order valence-electron chi connectivity index (χ3n) is 2.90. The molecule has 1 unspecified atom stereocenters. The van der Waals surface area contributed by atoms with Crippen LogP contribution in [0.4, 0.5) is 4.39 Å². The average Bonchev–Trinajstić information content (AvgIpc) is 2.43. The Morgan fingerprint density at radius 3 is 2.45 bits per heavy atom. The summed E-state index contributed by atoms with van der Waals surface area (Å²) in [6, 6.07) is 4.60. The van der Waals surface area contributed by atoms with Gasteiger partial charge in [-0.05, 0) is 24.3 Å². The Kier molecular flexibility index (Phi) is 5.46. The number of hydrogen-bond acceptors (Lipinski definition) is 4. The molecule has 0 heterocycles. The van der Waals surface area contributed by atoms with E-state index in [4.69, 9.17) is 10.9 Å². The Balaban J connectivity index is 3.01. The minimum Gasteiger partial charge on any atom is -0.409 e. The largest absolute Gasteiger partial charge is 0.409 e. The summed E-state index contributed by atoms with van der Waals surface area (Å²) in [4.78, 5) is 0.00691. The number of nitrogens with two attached hydrogens (primary N) is 1. The van der Waals surface area contributed by atoms with Gasteiger partial charge in [0.05, 0.1) is 4.90 Å². The van der Waals surface area contributed by atoms with E-state index < -0.39 is 21.8 Å².